The summed E-state index contributed by atoms with van der Waals surface area (Å²) >= 11 is 1.36. The minimum absolute atomic E-state index is 0.00499. The van der Waals surface area contributed by atoms with E-state index in [0.29, 0.717) is 53.2 Å². The third kappa shape index (κ3) is 3.89. The molecular formula is C21H17F3N4O3S. The number of benzene rings is 1. The van der Waals surface area contributed by atoms with Crippen LogP contribution >= 0.6 is 11.3 Å². The number of nitrogens with zero attached hydrogens (tertiary/aromatic N) is 4. The number of furan rings is 1. The van der Waals surface area contributed by atoms with E-state index in [-0.39, 0.29) is 12.1 Å². The molecule has 32 heavy (non-hydrogen) atoms. The van der Waals surface area contributed by atoms with Gasteiger partial charge >= 0.3 is 6.18 Å². The summed E-state index contributed by atoms with van der Waals surface area (Å²) in [4.78, 5) is 19.8. The van der Waals surface area contributed by atoms with Gasteiger partial charge < -0.3 is 14.1 Å². The van der Waals surface area contributed by atoms with E-state index in [4.69, 9.17) is 9.15 Å². The normalized spacial score (nSPS) is 14.9. The number of hydrogen-bond donors (Lipinski definition) is 0. The molecule has 5 rings (SSSR count). The van der Waals surface area contributed by atoms with Gasteiger partial charge in [-0.3, -0.25) is 4.79 Å². The molecule has 4 heterocycles. The van der Waals surface area contributed by atoms with Crippen LogP contribution in [0.3, 0.4) is 0 Å². The number of fused-ring (bicyclic) bond motifs is 1. The third-order valence-corrected chi connectivity index (χ3v) is 6.26. The molecule has 1 aliphatic rings. The number of alkyl halides is 3. The molecule has 0 spiro atoms. The number of morpholine rings is 1. The number of aromatic nitrogens is 3. The SMILES string of the molecule is O=c1c2nc(N3CCOCC3)sc2c(-c2ccco2)nn1Cc1ccc(C(F)(F)F)cc1. The molecule has 0 bridgehead atoms. The molecule has 0 saturated carbocycles. The molecule has 0 radical (unpaired) electrons. The molecule has 0 N–H and O–H groups in total. The van der Waals surface area contributed by atoms with Crippen LogP contribution in [0.4, 0.5) is 18.3 Å². The van der Waals surface area contributed by atoms with Crippen LogP contribution in [-0.2, 0) is 17.5 Å². The number of thiazole rings is 1. The van der Waals surface area contributed by atoms with Crippen LogP contribution in [0.25, 0.3) is 21.7 Å². The number of ether oxygens (including phenoxy) is 1. The van der Waals surface area contributed by atoms with Gasteiger partial charge in [-0.15, -0.1) is 0 Å². The molecule has 11 heteroatoms. The second-order valence-electron chi connectivity index (χ2n) is 7.26. The van der Waals surface area contributed by atoms with Crippen molar-refractivity contribution in [2.45, 2.75) is 12.7 Å². The van der Waals surface area contributed by atoms with Crippen molar-refractivity contribution in [3.63, 3.8) is 0 Å². The molecule has 0 aliphatic carbocycles. The Morgan fingerprint density at radius 1 is 1.09 bits per heavy atom. The maximum atomic E-state index is 13.2. The fourth-order valence-corrected chi connectivity index (χ4v) is 4.59. The minimum atomic E-state index is -4.42. The van der Waals surface area contributed by atoms with Gasteiger partial charge in [-0.1, -0.05) is 23.5 Å². The molecule has 3 aromatic heterocycles. The van der Waals surface area contributed by atoms with Crippen LogP contribution in [0.2, 0.25) is 0 Å². The van der Waals surface area contributed by atoms with E-state index in [2.05, 4.69) is 15.0 Å². The van der Waals surface area contributed by atoms with Crippen molar-refractivity contribution < 1.29 is 22.3 Å². The van der Waals surface area contributed by atoms with Crippen molar-refractivity contribution in [2.24, 2.45) is 0 Å². The fraction of sp³-hybridized carbons (Fsp3) is 0.286. The summed E-state index contributed by atoms with van der Waals surface area (Å²) in [6.07, 6.45) is -2.91. The Balaban J connectivity index is 1.58. The van der Waals surface area contributed by atoms with E-state index in [0.717, 1.165) is 12.1 Å². The van der Waals surface area contributed by atoms with Crippen molar-refractivity contribution in [1.82, 2.24) is 14.8 Å². The lowest BCUT2D eigenvalue weighted by atomic mass is 10.1. The van der Waals surface area contributed by atoms with Crippen LogP contribution in [0.15, 0.2) is 51.9 Å². The Morgan fingerprint density at radius 3 is 2.50 bits per heavy atom. The lowest BCUT2D eigenvalue weighted by Crippen LogP contribution is -2.36. The van der Waals surface area contributed by atoms with Gasteiger partial charge in [0.2, 0.25) is 0 Å². The third-order valence-electron chi connectivity index (χ3n) is 5.14. The van der Waals surface area contributed by atoms with E-state index in [1.807, 2.05) is 0 Å². The molecule has 1 saturated heterocycles. The van der Waals surface area contributed by atoms with E-state index >= 15 is 0 Å². The molecule has 1 aromatic carbocycles. The van der Waals surface area contributed by atoms with Gasteiger partial charge in [0.05, 0.1) is 36.3 Å². The standard InChI is InChI=1S/C21H17F3N4O3S/c22-21(23,24)14-5-3-13(4-6-14)12-28-19(29)17-18(16(26-28)15-2-1-9-31-15)32-20(25-17)27-7-10-30-11-8-27/h1-6,9H,7-8,10-12H2. The van der Waals surface area contributed by atoms with Crippen LogP contribution < -0.4 is 10.5 Å². The monoisotopic (exact) mass is 462 g/mol. The smallest absolute Gasteiger partial charge is 0.416 e. The average Bonchev–Trinajstić information content (AvgIpc) is 3.47. The Kier molecular flexibility index (Phi) is 5.22. The summed E-state index contributed by atoms with van der Waals surface area (Å²) < 4.78 is 51.3. The van der Waals surface area contributed by atoms with Crippen LogP contribution in [0.5, 0.6) is 0 Å². The zero-order valence-corrected chi connectivity index (χ0v) is 17.4. The summed E-state index contributed by atoms with van der Waals surface area (Å²) in [7, 11) is 0. The number of hydrogen-bond acceptors (Lipinski definition) is 7. The number of anilines is 1. The highest BCUT2D eigenvalue weighted by Crippen LogP contribution is 2.34. The Bertz CT molecular complexity index is 1290. The maximum Gasteiger partial charge on any atom is 0.416 e. The molecule has 0 unspecified atom stereocenters. The van der Waals surface area contributed by atoms with E-state index in [1.54, 1.807) is 12.1 Å². The minimum Gasteiger partial charge on any atom is -0.463 e. The summed E-state index contributed by atoms with van der Waals surface area (Å²) in [5.74, 6) is 0.480. The van der Waals surface area contributed by atoms with Crippen LogP contribution in [0.1, 0.15) is 11.1 Å². The first-order valence-corrected chi connectivity index (χ1v) is 10.7. The highest BCUT2D eigenvalue weighted by molar-refractivity contribution is 7.22. The summed E-state index contributed by atoms with van der Waals surface area (Å²) in [6.45, 7) is 2.51. The van der Waals surface area contributed by atoms with E-state index in [9.17, 15) is 18.0 Å². The van der Waals surface area contributed by atoms with Gasteiger partial charge in [-0.05, 0) is 29.8 Å². The van der Waals surface area contributed by atoms with Crippen molar-refractivity contribution >= 4 is 26.7 Å². The van der Waals surface area contributed by atoms with E-state index in [1.165, 1.54) is 34.4 Å². The van der Waals surface area contributed by atoms with Gasteiger partial charge in [-0.25, -0.2) is 9.67 Å². The zero-order chi connectivity index (χ0) is 22.3. The Hall–Kier alpha value is -3.18. The molecular weight excluding hydrogens is 445 g/mol. The molecule has 0 atom stereocenters. The molecule has 4 aromatic rings. The molecule has 7 nitrogen and oxygen atoms in total. The first-order chi connectivity index (χ1) is 15.4. The first kappa shape index (κ1) is 20.7. The van der Waals surface area contributed by atoms with Gasteiger partial charge in [-0.2, -0.15) is 18.3 Å². The second-order valence-corrected chi connectivity index (χ2v) is 8.23. The van der Waals surface area contributed by atoms with E-state index < -0.39 is 17.3 Å². The summed E-state index contributed by atoms with van der Waals surface area (Å²) in [5, 5.41) is 5.18. The lowest BCUT2D eigenvalue weighted by molar-refractivity contribution is -0.137. The van der Waals surface area contributed by atoms with Gasteiger partial charge in [0.25, 0.3) is 5.56 Å². The molecule has 0 amide bonds. The number of halogens is 3. The summed E-state index contributed by atoms with van der Waals surface area (Å²) in [5.41, 5.74) is 0.0770. The lowest BCUT2D eigenvalue weighted by Gasteiger charge is -2.25. The van der Waals surface area contributed by atoms with Crippen molar-refractivity contribution in [2.75, 3.05) is 31.2 Å². The van der Waals surface area contributed by atoms with Crippen LogP contribution in [0, 0.1) is 0 Å². The van der Waals surface area contributed by atoms with Gasteiger partial charge in [0.1, 0.15) is 5.69 Å². The largest absolute Gasteiger partial charge is 0.463 e. The number of rotatable bonds is 4. The molecule has 166 valence electrons. The quantitative estimate of drug-likeness (QED) is 0.456. The molecule has 1 fully saturated rings. The topological polar surface area (TPSA) is 73.4 Å². The Labute approximate surface area is 183 Å². The highest BCUT2D eigenvalue weighted by atomic mass is 32.1. The first-order valence-electron chi connectivity index (χ1n) is 9.84. The van der Waals surface area contributed by atoms with Crippen molar-refractivity contribution in [3.8, 4) is 11.5 Å². The van der Waals surface area contributed by atoms with Crippen molar-refractivity contribution in [1.29, 1.82) is 0 Å². The zero-order valence-electron chi connectivity index (χ0n) is 16.6. The highest BCUT2D eigenvalue weighted by Gasteiger charge is 2.30. The fourth-order valence-electron chi connectivity index (χ4n) is 3.49. The van der Waals surface area contributed by atoms with Crippen LogP contribution in [-0.4, -0.2) is 41.1 Å². The second kappa shape index (κ2) is 8.06. The van der Waals surface area contributed by atoms with Crippen molar-refractivity contribution in [3.05, 3.63) is 64.1 Å². The van der Waals surface area contributed by atoms with Gasteiger partial charge in [0, 0.05) is 13.1 Å². The predicted octanol–water partition coefficient (Wildman–Crippen LogP) is 4.02. The van der Waals surface area contributed by atoms with Gasteiger partial charge in [0.15, 0.2) is 16.4 Å². The Morgan fingerprint density at radius 2 is 1.84 bits per heavy atom. The maximum absolute atomic E-state index is 13.2. The average molecular weight is 462 g/mol. The summed E-state index contributed by atoms with van der Waals surface area (Å²) in [6, 6.07) is 8.13. The molecule has 1 aliphatic heterocycles. The predicted molar refractivity (Wildman–Crippen MR) is 113 cm³/mol.